The molecule has 0 radical (unpaired) electrons. The molecule has 0 spiro atoms. The molecule has 6 nitrogen and oxygen atoms in total. The maximum Gasteiger partial charge on any atom is 0.222 e. The van der Waals surface area contributed by atoms with Crippen molar-refractivity contribution in [3.8, 4) is 0 Å². The Bertz CT molecular complexity index is 711. The summed E-state index contributed by atoms with van der Waals surface area (Å²) in [6.45, 7) is 5.93. The van der Waals surface area contributed by atoms with Crippen molar-refractivity contribution in [2.45, 2.75) is 39.5 Å². The minimum atomic E-state index is 0.298. The number of hydrogen-bond acceptors (Lipinski definition) is 5. The van der Waals surface area contributed by atoms with Gasteiger partial charge >= 0.3 is 0 Å². The van der Waals surface area contributed by atoms with Crippen LogP contribution in [0.3, 0.4) is 0 Å². The van der Waals surface area contributed by atoms with Crippen LogP contribution in [0, 0.1) is 11.8 Å². The summed E-state index contributed by atoms with van der Waals surface area (Å²) in [5.41, 5.74) is 1.07. The lowest BCUT2D eigenvalue weighted by Gasteiger charge is -2.32. The Morgan fingerprint density at radius 3 is 2.73 bits per heavy atom. The normalized spacial score (nSPS) is 15.3. The van der Waals surface area contributed by atoms with Gasteiger partial charge in [-0.2, -0.15) is 0 Å². The number of amides is 1. The number of nitrogens with one attached hydrogen (secondary N) is 1. The first kappa shape index (κ1) is 18.3. The Morgan fingerprint density at radius 1 is 1.23 bits per heavy atom. The van der Waals surface area contributed by atoms with E-state index in [2.05, 4.69) is 35.2 Å². The third kappa shape index (κ3) is 5.25. The number of likely N-dealkylation sites (tertiary alicyclic amines) is 1. The average Bonchev–Trinajstić information content (AvgIpc) is 2.63. The monoisotopic (exact) mass is 353 g/mol. The van der Waals surface area contributed by atoms with E-state index in [9.17, 15) is 4.79 Å². The molecule has 26 heavy (non-hydrogen) atoms. The molecule has 1 fully saturated rings. The van der Waals surface area contributed by atoms with Gasteiger partial charge in [-0.25, -0.2) is 9.97 Å². The van der Waals surface area contributed by atoms with Crippen LogP contribution < -0.4 is 5.32 Å². The predicted octanol–water partition coefficient (Wildman–Crippen LogP) is 3.44. The summed E-state index contributed by atoms with van der Waals surface area (Å²) in [7, 11) is 0. The molecule has 0 bridgehead atoms. The van der Waals surface area contributed by atoms with E-state index in [1.807, 2.05) is 17.0 Å². The number of piperidine rings is 1. The Morgan fingerprint density at radius 2 is 2.04 bits per heavy atom. The van der Waals surface area contributed by atoms with Gasteiger partial charge in [-0.1, -0.05) is 19.9 Å². The summed E-state index contributed by atoms with van der Waals surface area (Å²) in [6, 6.07) is 6.02. The summed E-state index contributed by atoms with van der Waals surface area (Å²) in [5, 5.41) is 3.18. The highest BCUT2D eigenvalue weighted by Crippen LogP contribution is 2.23. The van der Waals surface area contributed by atoms with Gasteiger partial charge in [-0.3, -0.25) is 9.78 Å². The molecule has 6 heteroatoms. The van der Waals surface area contributed by atoms with Crippen molar-refractivity contribution < 1.29 is 4.79 Å². The summed E-state index contributed by atoms with van der Waals surface area (Å²) in [4.78, 5) is 27.2. The smallest absolute Gasteiger partial charge is 0.222 e. The van der Waals surface area contributed by atoms with E-state index >= 15 is 0 Å². The average molecular weight is 353 g/mol. The zero-order valence-corrected chi connectivity index (χ0v) is 15.6. The van der Waals surface area contributed by atoms with Crippen molar-refractivity contribution in [2.75, 3.05) is 18.4 Å². The van der Waals surface area contributed by atoms with Crippen LogP contribution in [0.4, 0.5) is 11.6 Å². The summed E-state index contributed by atoms with van der Waals surface area (Å²) >= 11 is 0. The lowest BCUT2D eigenvalue weighted by atomic mass is 9.91. The van der Waals surface area contributed by atoms with E-state index in [0.29, 0.717) is 30.0 Å². The first-order valence-corrected chi connectivity index (χ1v) is 9.37. The number of rotatable bonds is 6. The maximum absolute atomic E-state index is 12.2. The fraction of sp³-hybridized carbons (Fsp3) is 0.500. The quantitative estimate of drug-likeness (QED) is 0.861. The van der Waals surface area contributed by atoms with Crippen LogP contribution in [0.25, 0.3) is 0 Å². The van der Waals surface area contributed by atoms with E-state index in [0.717, 1.165) is 43.9 Å². The molecule has 0 unspecified atom stereocenters. The van der Waals surface area contributed by atoms with Crippen LogP contribution in [-0.4, -0.2) is 38.8 Å². The first-order valence-electron chi connectivity index (χ1n) is 9.37. The summed E-state index contributed by atoms with van der Waals surface area (Å²) in [6.07, 6.45) is 8.68. The second-order valence-corrected chi connectivity index (χ2v) is 7.36. The largest absolute Gasteiger partial charge is 0.343 e. The van der Waals surface area contributed by atoms with Crippen molar-refractivity contribution in [1.82, 2.24) is 19.9 Å². The second-order valence-electron chi connectivity index (χ2n) is 7.36. The Balaban J connectivity index is 1.52. The molecule has 1 amide bonds. The van der Waals surface area contributed by atoms with Crippen molar-refractivity contribution in [3.63, 3.8) is 0 Å². The number of nitrogens with zero attached hydrogens (tertiary/aromatic N) is 4. The molecule has 1 aliphatic rings. The molecule has 138 valence electrons. The molecule has 3 heterocycles. The molecule has 0 saturated carbocycles. The molecule has 0 aliphatic carbocycles. The van der Waals surface area contributed by atoms with Gasteiger partial charge in [-0.05, 0) is 43.2 Å². The standard InChI is InChI=1S/C20H27N5O/c1-15(2)12-20(26)25-10-6-16(7-11-25)13-17-4-3-5-18(23-17)24-19-14-21-8-9-22-19/h3-5,8-9,14-16H,6-7,10-13H2,1-2H3,(H,22,23,24). The highest BCUT2D eigenvalue weighted by molar-refractivity contribution is 5.76. The van der Waals surface area contributed by atoms with Gasteiger partial charge in [0.1, 0.15) is 11.6 Å². The number of pyridine rings is 1. The predicted molar refractivity (Wildman–Crippen MR) is 102 cm³/mol. The highest BCUT2D eigenvalue weighted by atomic mass is 16.2. The lowest BCUT2D eigenvalue weighted by molar-refractivity contribution is -0.133. The van der Waals surface area contributed by atoms with E-state index in [1.54, 1.807) is 18.6 Å². The summed E-state index contributed by atoms with van der Waals surface area (Å²) < 4.78 is 0. The molecule has 0 aromatic carbocycles. The fourth-order valence-electron chi connectivity index (χ4n) is 3.32. The van der Waals surface area contributed by atoms with Crippen LogP contribution >= 0.6 is 0 Å². The van der Waals surface area contributed by atoms with Crippen molar-refractivity contribution >= 4 is 17.5 Å². The van der Waals surface area contributed by atoms with Crippen molar-refractivity contribution in [3.05, 3.63) is 42.5 Å². The van der Waals surface area contributed by atoms with E-state index < -0.39 is 0 Å². The molecular formula is C20H27N5O. The minimum absolute atomic E-state index is 0.298. The van der Waals surface area contributed by atoms with Gasteiger partial charge in [0, 0.05) is 37.6 Å². The topological polar surface area (TPSA) is 71.0 Å². The second kappa shape index (κ2) is 8.74. The fourth-order valence-corrected chi connectivity index (χ4v) is 3.32. The number of carbonyl (C=O) groups is 1. The number of aromatic nitrogens is 3. The van der Waals surface area contributed by atoms with Gasteiger partial charge in [0.2, 0.25) is 5.91 Å². The van der Waals surface area contributed by atoms with Crippen LogP contribution in [0.2, 0.25) is 0 Å². The van der Waals surface area contributed by atoms with E-state index in [4.69, 9.17) is 4.98 Å². The Labute approximate surface area is 155 Å². The Kier molecular flexibility index (Phi) is 6.15. The minimum Gasteiger partial charge on any atom is -0.343 e. The SMILES string of the molecule is CC(C)CC(=O)N1CCC(Cc2cccc(Nc3cnccn3)n2)CC1. The van der Waals surface area contributed by atoms with Gasteiger partial charge < -0.3 is 10.2 Å². The van der Waals surface area contributed by atoms with Crippen molar-refractivity contribution in [1.29, 1.82) is 0 Å². The van der Waals surface area contributed by atoms with Crippen molar-refractivity contribution in [2.24, 2.45) is 11.8 Å². The molecule has 3 rings (SSSR count). The first-order chi connectivity index (χ1) is 12.6. The summed E-state index contributed by atoms with van der Waals surface area (Å²) in [5.74, 6) is 2.78. The third-order valence-corrected chi connectivity index (χ3v) is 4.67. The third-order valence-electron chi connectivity index (χ3n) is 4.67. The maximum atomic E-state index is 12.2. The highest BCUT2D eigenvalue weighted by Gasteiger charge is 2.23. The molecule has 2 aromatic heterocycles. The van der Waals surface area contributed by atoms with Crippen LogP contribution in [0.5, 0.6) is 0 Å². The van der Waals surface area contributed by atoms with Crippen LogP contribution in [0.15, 0.2) is 36.8 Å². The molecule has 0 atom stereocenters. The van der Waals surface area contributed by atoms with E-state index in [1.165, 1.54) is 0 Å². The van der Waals surface area contributed by atoms with Crippen LogP contribution in [-0.2, 0) is 11.2 Å². The number of carbonyl (C=O) groups excluding carboxylic acids is 1. The van der Waals surface area contributed by atoms with Gasteiger partial charge in [0.05, 0.1) is 6.20 Å². The Hall–Kier alpha value is -2.50. The zero-order valence-electron chi connectivity index (χ0n) is 15.6. The molecule has 2 aromatic rings. The van der Waals surface area contributed by atoms with Crippen LogP contribution in [0.1, 0.15) is 38.8 Å². The molecule has 1 saturated heterocycles. The van der Waals surface area contributed by atoms with Gasteiger partial charge in [0.15, 0.2) is 0 Å². The van der Waals surface area contributed by atoms with E-state index in [-0.39, 0.29) is 0 Å². The lowest BCUT2D eigenvalue weighted by Crippen LogP contribution is -2.39. The molecular weight excluding hydrogens is 326 g/mol. The van der Waals surface area contributed by atoms with Gasteiger partial charge in [0.25, 0.3) is 0 Å². The number of anilines is 2. The molecule has 1 N–H and O–H groups in total. The van der Waals surface area contributed by atoms with Gasteiger partial charge in [-0.15, -0.1) is 0 Å². The number of hydrogen-bond donors (Lipinski definition) is 1. The zero-order chi connectivity index (χ0) is 18.4. The molecule has 1 aliphatic heterocycles.